The molecule has 1 aromatic rings. The summed E-state index contributed by atoms with van der Waals surface area (Å²) in [5.41, 5.74) is 8.51. The summed E-state index contributed by atoms with van der Waals surface area (Å²) in [5, 5.41) is 0.802. The summed E-state index contributed by atoms with van der Waals surface area (Å²) in [5.74, 6) is 0. The zero-order valence-electron chi connectivity index (χ0n) is 10.6. The minimum atomic E-state index is 0.171. The molecule has 3 heteroatoms. The van der Waals surface area contributed by atoms with Crippen LogP contribution >= 0.6 is 11.6 Å². The van der Waals surface area contributed by atoms with Gasteiger partial charge in [0.25, 0.3) is 0 Å². The van der Waals surface area contributed by atoms with Gasteiger partial charge in [-0.2, -0.15) is 0 Å². The molecule has 0 bridgehead atoms. The highest BCUT2D eigenvalue weighted by molar-refractivity contribution is 6.30. The van der Waals surface area contributed by atoms with Crippen molar-refractivity contribution in [2.45, 2.75) is 45.2 Å². The highest BCUT2D eigenvalue weighted by Gasteiger charge is 2.29. The third-order valence-electron chi connectivity index (χ3n) is 3.22. The van der Waals surface area contributed by atoms with Crippen LogP contribution in [0.3, 0.4) is 0 Å². The van der Waals surface area contributed by atoms with Gasteiger partial charge in [-0.25, -0.2) is 0 Å². The molecule has 0 aliphatic heterocycles. The molecule has 1 aliphatic rings. The molecule has 0 aromatic heterocycles. The van der Waals surface area contributed by atoms with Crippen molar-refractivity contribution in [2.24, 2.45) is 5.73 Å². The maximum atomic E-state index is 6.08. The molecule has 1 atom stereocenters. The molecule has 0 radical (unpaired) electrons. The zero-order chi connectivity index (χ0) is 12.4. The first-order valence-electron chi connectivity index (χ1n) is 6.42. The minimum Gasteiger partial charge on any atom is -0.369 e. The molecule has 1 unspecified atom stereocenters. The van der Waals surface area contributed by atoms with Crippen LogP contribution in [0.2, 0.25) is 5.02 Å². The summed E-state index contributed by atoms with van der Waals surface area (Å²) in [7, 11) is 0. The topological polar surface area (TPSA) is 29.3 Å². The average molecular weight is 253 g/mol. The monoisotopic (exact) mass is 252 g/mol. The van der Waals surface area contributed by atoms with Gasteiger partial charge in [0.15, 0.2) is 0 Å². The highest BCUT2D eigenvalue weighted by Crippen LogP contribution is 2.34. The Morgan fingerprint density at radius 1 is 1.47 bits per heavy atom. The van der Waals surface area contributed by atoms with Gasteiger partial charge in [0.1, 0.15) is 0 Å². The lowest BCUT2D eigenvalue weighted by atomic mass is 10.0. The molecule has 0 saturated heterocycles. The van der Waals surface area contributed by atoms with Gasteiger partial charge in [-0.3, -0.25) is 0 Å². The lowest BCUT2D eigenvalue weighted by molar-refractivity contribution is 0.729. The number of benzene rings is 1. The Morgan fingerprint density at radius 2 is 2.18 bits per heavy atom. The third kappa shape index (κ3) is 3.14. The second-order valence-corrected chi connectivity index (χ2v) is 5.41. The molecule has 17 heavy (non-hydrogen) atoms. The molecule has 0 heterocycles. The van der Waals surface area contributed by atoms with Crippen molar-refractivity contribution in [1.82, 2.24) is 0 Å². The van der Waals surface area contributed by atoms with E-state index in [1.54, 1.807) is 0 Å². The van der Waals surface area contributed by atoms with Gasteiger partial charge in [0.05, 0.1) is 0 Å². The molecule has 0 amide bonds. The lowest BCUT2D eigenvalue weighted by Gasteiger charge is -2.26. The first-order chi connectivity index (χ1) is 8.11. The maximum Gasteiger partial charge on any atom is 0.0410 e. The molecule has 2 nitrogen and oxygen atoms in total. The summed E-state index contributed by atoms with van der Waals surface area (Å²) < 4.78 is 0. The minimum absolute atomic E-state index is 0.171. The van der Waals surface area contributed by atoms with Gasteiger partial charge in [-0.05, 0) is 56.9 Å². The van der Waals surface area contributed by atoms with Crippen molar-refractivity contribution in [3.05, 3.63) is 28.8 Å². The summed E-state index contributed by atoms with van der Waals surface area (Å²) in [6, 6.07) is 7.08. The quantitative estimate of drug-likeness (QED) is 0.872. The van der Waals surface area contributed by atoms with Gasteiger partial charge in [-0.1, -0.05) is 11.6 Å². The summed E-state index contributed by atoms with van der Waals surface area (Å²) >= 11 is 6.08. The Labute approximate surface area is 109 Å². The standard InChI is InChI=1S/C14H21ClN2/c1-3-17(13-5-6-13)14-7-4-12(15)9-11(14)8-10(2)16/h4,7,9-10,13H,3,5-6,8,16H2,1-2H3. The summed E-state index contributed by atoms with van der Waals surface area (Å²) in [4.78, 5) is 2.48. The molecule has 1 aliphatic carbocycles. The Balaban J connectivity index is 2.29. The van der Waals surface area contributed by atoms with Crippen LogP contribution in [-0.2, 0) is 6.42 Å². The van der Waals surface area contributed by atoms with Crippen LogP contribution in [0.4, 0.5) is 5.69 Å². The van der Waals surface area contributed by atoms with Crippen LogP contribution in [0, 0.1) is 0 Å². The number of hydrogen-bond donors (Lipinski definition) is 1. The average Bonchev–Trinajstić information content (AvgIpc) is 3.05. The van der Waals surface area contributed by atoms with Crippen molar-refractivity contribution in [3.8, 4) is 0 Å². The van der Waals surface area contributed by atoms with Crippen molar-refractivity contribution < 1.29 is 0 Å². The lowest BCUT2D eigenvalue weighted by Crippen LogP contribution is -2.27. The smallest absolute Gasteiger partial charge is 0.0410 e. The van der Waals surface area contributed by atoms with Gasteiger partial charge in [-0.15, -0.1) is 0 Å². The Kier molecular flexibility index (Phi) is 3.95. The molecule has 94 valence electrons. The fourth-order valence-corrected chi connectivity index (χ4v) is 2.55. The van der Waals surface area contributed by atoms with E-state index in [1.807, 2.05) is 13.0 Å². The summed E-state index contributed by atoms with van der Waals surface area (Å²) in [6.45, 7) is 5.30. The van der Waals surface area contributed by atoms with Crippen molar-refractivity contribution >= 4 is 17.3 Å². The van der Waals surface area contributed by atoms with E-state index in [4.69, 9.17) is 17.3 Å². The number of nitrogens with zero attached hydrogens (tertiary/aromatic N) is 1. The fraction of sp³-hybridized carbons (Fsp3) is 0.571. The van der Waals surface area contributed by atoms with Crippen LogP contribution < -0.4 is 10.6 Å². The van der Waals surface area contributed by atoms with E-state index in [1.165, 1.54) is 24.1 Å². The second kappa shape index (κ2) is 5.28. The van der Waals surface area contributed by atoms with Crippen LogP contribution in [0.5, 0.6) is 0 Å². The second-order valence-electron chi connectivity index (χ2n) is 4.97. The zero-order valence-corrected chi connectivity index (χ0v) is 11.4. The first-order valence-corrected chi connectivity index (χ1v) is 6.80. The van der Waals surface area contributed by atoms with Gasteiger partial charge >= 0.3 is 0 Å². The van der Waals surface area contributed by atoms with E-state index in [2.05, 4.69) is 24.0 Å². The summed E-state index contributed by atoms with van der Waals surface area (Å²) in [6.07, 6.45) is 3.52. The number of rotatable bonds is 5. The van der Waals surface area contributed by atoms with Gasteiger partial charge in [0, 0.05) is 29.3 Å². The van der Waals surface area contributed by atoms with Gasteiger partial charge in [0.2, 0.25) is 0 Å². The van der Waals surface area contributed by atoms with E-state index < -0.39 is 0 Å². The highest BCUT2D eigenvalue weighted by atomic mass is 35.5. The molecular formula is C14H21ClN2. The van der Waals surface area contributed by atoms with E-state index in [9.17, 15) is 0 Å². The molecular weight excluding hydrogens is 232 g/mol. The van der Waals surface area contributed by atoms with Crippen molar-refractivity contribution in [1.29, 1.82) is 0 Å². The Morgan fingerprint density at radius 3 is 2.71 bits per heavy atom. The SMILES string of the molecule is CCN(c1ccc(Cl)cc1CC(C)N)C1CC1. The normalized spacial score (nSPS) is 16.9. The van der Waals surface area contributed by atoms with Crippen molar-refractivity contribution in [3.63, 3.8) is 0 Å². The van der Waals surface area contributed by atoms with E-state index in [-0.39, 0.29) is 6.04 Å². The first kappa shape index (κ1) is 12.7. The molecule has 1 fully saturated rings. The number of nitrogens with two attached hydrogens (primary N) is 1. The number of hydrogen-bond acceptors (Lipinski definition) is 2. The predicted octanol–water partition coefficient (Wildman–Crippen LogP) is 3.22. The Bertz CT molecular complexity index is 386. The van der Waals surface area contributed by atoms with Crippen LogP contribution in [-0.4, -0.2) is 18.6 Å². The molecule has 2 N–H and O–H groups in total. The molecule has 1 aromatic carbocycles. The number of anilines is 1. The van der Waals surface area contributed by atoms with E-state index in [0.717, 1.165) is 24.0 Å². The predicted molar refractivity (Wildman–Crippen MR) is 74.8 cm³/mol. The molecule has 1 saturated carbocycles. The third-order valence-corrected chi connectivity index (χ3v) is 3.46. The van der Waals surface area contributed by atoms with E-state index in [0.29, 0.717) is 0 Å². The van der Waals surface area contributed by atoms with Crippen LogP contribution in [0.1, 0.15) is 32.3 Å². The number of halogens is 1. The van der Waals surface area contributed by atoms with Crippen LogP contribution in [0.25, 0.3) is 0 Å². The van der Waals surface area contributed by atoms with Crippen molar-refractivity contribution in [2.75, 3.05) is 11.4 Å². The van der Waals surface area contributed by atoms with Crippen LogP contribution in [0.15, 0.2) is 18.2 Å². The van der Waals surface area contributed by atoms with E-state index >= 15 is 0 Å². The molecule has 0 spiro atoms. The Hall–Kier alpha value is -0.730. The molecule has 2 rings (SSSR count). The largest absolute Gasteiger partial charge is 0.369 e. The fourth-order valence-electron chi connectivity index (χ4n) is 2.36. The maximum absolute atomic E-state index is 6.08. The van der Waals surface area contributed by atoms with Gasteiger partial charge < -0.3 is 10.6 Å².